The van der Waals surface area contributed by atoms with Crippen molar-refractivity contribution in [1.29, 1.82) is 0 Å². The van der Waals surface area contributed by atoms with Crippen molar-refractivity contribution in [2.75, 3.05) is 31.1 Å². The lowest BCUT2D eigenvalue weighted by atomic mass is 10.2. The lowest BCUT2D eigenvalue weighted by Gasteiger charge is -2.34. The van der Waals surface area contributed by atoms with Crippen molar-refractivity contribution in [2.45, 2.75) is 6.92 Å². The molecule has 110 valence electrons. The fraction of sp³-hybridized carbons (Fsp3) is 0.357. The van der Waals surface area contributed by atoms with E-state index in [0.717, 1.165) is 24.0 Å². The number of aromatic nitrogens is 2. The van der Waals surface area contributed by atoms with E-state index in [1.54, 1.807) is 17.0 Å². The van der Waals surface area contributed by atoms with Crippen molar-refractivity contribution in [3.63, 3.8) is 0 Å². The molecule has 2 aromatic rings. The van der Waals surface area contributed by atoms with E-state index in [2.05, 4.69) is 14.3 Å². The van der Waals surface area contributed by atoms with Crippen LogP contribution in [-0.2, 0) is 0 Å². The first-order valence-electron chi connectivity index (χ1n) is 6.73. The molecule has 2 heterocycles. The number of carbonyl (C=O) groups is 1. The zero-order valence-corrected chi connectivity index (χ0v) is 12.4. The Labute approximate surface area is 126 Å². The third kappa shape index (κ3) is 3.02. The molecule has 0 saturated carbocycles. The lowest BCUT2D eigenvalue weighted by molar-refractivity contribution is 0.0746. The van der Waals surface area contributed by atoms with Crippen LogP contribution in [0.5, 0.6) is 0 Å². The summed E-state index contributed by atoms with van der Waals surface area (Å²) in [6.07, 6.45) is 0. The van der Waals surface area contributed by atoms with Crippen LogP contribution in [-0.4, -0.2) is 46.3 Å². The van der Waals surface area contributed by atoms with E-state index in [4.69, 9.17) is 0 Å². The van der Waals surface area contributed by atoms with Gasteiger partial charge in [-0.3, -0.25) is 4.79 Å². The summed E-state index contributed by atoms with van der Waals surface area (Å²) >= 11 is 1.38. The minimum absolute atomic E-state index is 0.123. The molecule has 1 aliphatic heterocycles. The molecule has 3 rings (SSSR count). The number of hydrogen-bond acceptors (Lipinski definition) is 5. The average molecular weight is 306 g/mol. The van der Waals surface area contributed by atoms with E-state index in [-0.39, 0.29) is 11.7 Å². The monoisotopic (exact) mass is 306 g/mol. The van der Waals surface area contributed by atoms with E-state index >= 15 is 0 Å². The van der Waals surface area contributed by atoms with Crippen LogP contribution in [0.2, 0.25) is 0 Å². The number of piperazine rings is 1. The second-order valence-electron chi connectivity index (χ2n) is 4.91. The molecule has 1 fully saturated rings. The van der Waals surface area contributed by atoms with Crippen LogP contribution in [0.3, 0.4) is 0 Å². The van der Waals surface area contributed by atoms with E-state index in [0.29, 0.717) is 18.7 Å². The van der Waals surface area contributed by atoms with E-state index in [9.17, 15) is 9.18 Å². The van der Waals surface area contributed by atoms with E-state index < -0.39 is 0 Å². The maximum absolute atomic E-state index is 13.2. The Morgan fingerprint density at radius 2 is 2.05 bits per heavy atom. The molecule has 5 nitrogen and oxygen atoms in total. The summed E-state index contributed by atoms with van der Waals surface area (Å²) in [7, 11) is 0. The largest absolute Gasteiger partial charge is 0.343 e. The summed E-state index contributed by atoms with van der Waals surface area (Å²) in [6.45, 7) is 4.51. The number of anilines is 1. The first-order valence-corrected chi connectivity index (χ1v) is 7.51. The Balaban J connectivity index is 1.64. The summed E-state index contributed by atoms with van der Waals surface area (Å²) in [5, 5.41) is 0.894. The number of aryl methyl sites for hydroxylation is 1. The van der Waals surface area contributed by atoms with Gasteiger partial charge in [-0.05, 0) is 25.1 Å². The van der Waals surface area contributed by atoms with Crippen molar-refractivity contribution < 1.29 is 9.18 Å². The van der Waals surface area contributed by atoms with Gasteiger partial charge in [0.15, 0.2) is 0 Å². The highest BCUT2D eigenvalue weighted by atomic mass is 32.1. The first-order chi connectivity index (χ1) is 10.1. The molecule has 0 atom stereocenters. The lowest BCUT2D eigenvalue weighted by Crippen LogP contribution is -2.48. The Kier molecular flexibility index (Phi) is 3.83. The minimum Gasteiger partial charge on any atom is -0.343 e. The van der Waals surface area contributed by atoms with Crippen molar-refractivity contribution in [2.24, 2.45) is 0 Å². The molecule has 0 bridgehead atoms. The molecule has 7 heteroatoms. The van der Waals surface area contributed by atoms with Crippen molar-refractivity contribution in [3.05, 3.63) is 41.5 Å². The Morgan fingerprint density at radius 1 is 1.29 bits per heavy atom. The molecule has 0 spiro atoms. The van der Waals surface area contributed by atoms with Gasteiger partial charge in [0.1, 0.15) is 11.6 Å². The van der Waals surface area contributed by atoms with Gasteiger partial charge in [0.05, 0.1) is 0 Å². The highest BCUT2D eigenvalue weighted by Crippen LogP contribution is 2.19. The molecule has 0 unspecified atom stereocenters. The number of rotatable bonds is 2. The quantitative estimate of drug-likeness (QED) is 0.851. The molecule has 1 aliphatic rings. The van der Waals surface area contributed by atoms with Gasteiger partial charge < -0.3 is 9.80 Å². The molecule has 1 aromatic carbocycles. The predicted molar refractivity (Wildman–Crippen MR) is 79.2 cm³/mol. The normalized spacial score (nSPS) is 15.3. The third-order valence-electron chi connectivity index (χ3n) is 3.43. The Hall–Kier alpha value is -2.02. The summed E-state index contributed by atoms with van der Waals surface area (Å²) in [4.78, 5) is 20.5. The third-order valence-corrected chi connectivity index (χ3v) is 4.29. The second-order valence-corrected chi connectivity index (χ2v) is 5.64. The van der Waals surface area contributed by atoms with E-state index in [1.165, 1.54) is 23.7 Å². The molecule has 1 amide bonds. The maximum atomic E-state index is 13.2. The highest BCUT2D eigenvalue weighted by Gasteiger charge is 2.23. The number of nitrogens with zero attached hydrogens (tertiary/aromatic N) is 4. The van der Waals surface area contributed by atoms with Gasteiger partial charge in [-0.25, -0.2) is 9.37 Å². The summed E-state index contributed by atoms with van der Waals surface area (Å²) < 4.78 is 17.4. The van der Waals surface area contributed by atoms with Crippen LogP contribution in [0.15, 0.2) is 24.3 Å². The van der Waals surface area contributed by atoms with Gasteiger partial charge in [0.25, 0.3) is 5.91 Å². The fourth-order valence-corrected chi connectivity index (χ4v) is 3.05. The van der Waals surface area contributed by atoms with Gasteiger partial charge in [0, 0.05) is 43.3 Å². The van der Waals surface area contributed by atoms with E-state index in [1.807, 2.05) is 6.92 Å². The SMILES string of the molecule is Cc1nsc(N2CCN(C(=O)c3cccc(F)c3)CC2)n1. The highest BCUT2D eigenvalue weighted by molar-refractivity contribution is 7.09. The van der Waals surface area contributed by atoms with Gasteiger partial charge >= 0.3 is 0 Å². The predicted octanol–water partition coefficient (Wildman–Crippen LogP) is 1.95. The van der Waals surface area contributed by atoms with Gasteiger partial charge in [-0.15, -0.1) is 0 Å². The summed E-state index contributed by atoms with van der Waals surface area (Å²) in [6, 6.07) is 5.82. The van der Waals surface area contributed by atoms with Crippen molar-refractivity contribution in [3.8, 4) is 0 Å². The van der Waals surface area contributed by atoms with Crippen LogP contribution in [0, 0.1) is 12.7 Å². The molecule has 1 saturated heterocycles. The fourth-order valence-electron chi connectivity index (χ4n) is 2.32. The number of halogens is 1. The van der Waals surface area contributed by atoms with Crippen LogP contribution >= 0.6 is 11.5 Å². The van der Waals surface area contributed by atoms with Gasteiger partial charge in [0.2, 0.25) is 5.13 Å². The smallest absolute Gasteiger partial charge is 0.254 e. The van der Waals surface area contributed by atoms with Crippen LogP contribution in [0.25, 0.3) is 0 Å². The minimum atomic E-state index is -0.385. The van der Waals surface area contributed by atoms with Crippen LogP contribution in [0.1, 0.15) is 16.2 Å². The standard InChI is InChI=1S/C14H15FN4OS/c1-10-16-14(21-17-10)19-7-5-18(6-8-19)13(20)11-3-2-4-12(15)9-11/h2-4,9H,5-8H2,1H3. The number of carbonyl (C=O) groups excluding carboxylic acids is 1. The Bertz CT molecular complexity index is 652. The topological polar surface area (TPSA) is 49.3 Å². The van der Waals surface area contributed by atoms with Crippen molar-refractivity contribution in [1.82, 2.24) is 14.3 Å². The molecule has 0 radical (unpaired) electrons. The molecular weight excluding hydrogens is 291 g/mol. The summed E-state index contributed by atoms with van der Waals surface area (Å²) in [5.41, 5.74) is 0.398. The Morgan fingerprint density at radius 3 is 2.67 bits per heavy atom. The average Bonchev–Trinajstić information content (AvgIpc) is 2.93. The van der Waals surface area contributed by atoms with Gasteiger partial charge in [-0.1, -0.05) is 6.07 Å². The first kappa shape index (κ1) is 13.9. The van der Waals surface area contributed by atoms with Crippen LogP contribution < -0.4 is 4.90 Å². The van der Waals surface area contributed by atoms with Crippen molar-refractivity contribution >= 4 is 22.6 Å². The second kappa shape index (κ2) is 5.77. The zero-order valence-electron chi connectivity index (χ0n) is 11.6. The molecule has 0 N–H and O–H groups in total. The molecule has 0 aliphatic carbocycles. The summed E-state index contributed by atoms with van der Waals surface area (Å²) in [5.74, 6) is 0.264. The number of benzene rings is 1. The zero-order chi connectivity index (χ0) is 14.8. The van der Waals surface area contributed by atoms with Crippen LogP contribution in [0.4, 0.5) is 9.52 Å². The number of hydrogen-bond donors (Lipinski definition) is 0. The maximum Gasteiger partial charge on any atom is 0.254 e. The molecule has 21 heavy (non-hydrogen) atoms. The van der Waals surface area contributed by atoms with Gasteiger partial charge in [-0.2, -0.15) is 4.37 Å². The molecule has 1 aromatic heterocycles. The molecular formula is C14H15FN4OS. The number of amides is 1.